The van der Waals surface area contributed by atoms with Crippen LogP contribution < -0.4 is 5.73 Å². The molecular weight excluding hydrogens is 258 g/mol. The zero-order chi connectivity index (χ0) is 13.7. The average molecular weight is 282 g/mol. The Bertz CT molecular complexity index is 379. The van der Waals surface area contributed by atoms with E-state index < -0.39 is 0 Å². The fourth-order valence-corrected chi connectivity index (χ4v) is 3.10. The van der Waals surface area contributed by atoms with Gasteiger partial charge in [0.05, 0.1) is 12.2 Å². The second-order valence-electron chi connectivity index (χ2n) is 5.40. The topological polar surface area (TPSA) is 35.2 Å². The highest BCUT2D eigenvalue weighted by Gasteiger charge is 2.27. The largest absolute Gasteiger partial charge is 0.369 e. The monoisotopic (exact) mass is 281 g/mol. The average Bonchev–Trinajstić information content (AvgIpc) is 2.46. The van der Waals surface area contributed by atoms with Crippen molar-refractivity contribution in [2.45, 2.75) is 51.2 Å². The van der Waals surface area contributed by atoms with E-state index in [1.165, 1.54) is 32.1 Å². The molecule has 0 amide bonds. The minimum absolute atomic E-state index is 0.00517. The van der Waals surface area contributed by atoms with Crippen molar-refractivity contribution in [1.82, 2.24) is 0 Å². The molecule has 0 saturated heterocycles. The molecule has 19 heavy (non-hydrogen) atoms. The van der Waals surface area contributed by atoms with Crippen molar-refractivity contribution < 1.29 is 4.74 Å². The van der Waals surface area contributed by atoms with Crippen LogP contribution in [0.1, 0.15) is 50.7 Å². The number of benzene rings is 1. The lowest BCUT2D eigenvalue weighted by molar-refractivity contribution is -0.0586. The maximum atomic E-state index is 6.30. The van der Waals surface area contributed by atoms with Crippen molar-refractivity contribution in [2.24, 2.45) is 11.7 Å². The summed E-state index contributed by atoms with van der Waals surface area (Å²) in [5.74, 6) is 0.690. The second-order valence-corrected chi connectivity index (χ2v) is 5.84. The van der Waals surface area contributed by atoms with Gasteiger partial charge in [-0.25, -0.2) is 0 Å². The van der Waals surface area contributed by atoms with Gasteiger partial charge in [0.25, 0.3) is 0 Å². The third-order valence-corrected chi connectivity index (χ3v) is 4.41. The number of ether oxygens (including phenoxy) is 1. The molecule has 3 unspecified atom stereocenters. The van der Waals surface area contributed by atoms with Gasteiger partial charge in [-0.05, 0) is 36.5 Å². The van der Waals surface area contributed by atoms with Crippen molar-refractivity contribution in [3.63, 3.8) is 0 Å². The molecule has 2 nitrogen and oxygen atoms in total. The molecule has 2 rings (SSSR count). The molecule has 0 heterocycles. The molecule has 0 spiro atoms. The molecule has 106 valence electrons. The van der Waals surface area contributed by atoms with Gasteiger partial charge in [0.2, 0.25) is 0 Å². The molecule has 0 bridgehead atoms. The predicted octanol–water partition coefficient (Wildman–Crippen LogP) is 4.33. The maximum Gasteiger partial charge on any atom is 0.0950 e. The van der Waals surface area contributed by atoms with Gasteiger partial charge >= 0.3 is 0 Å². The normalized spacial score (nSPS) is 25.2. The molecule has 3 heteroatoms. The van der Waals surface area contributed by atoms with Crippen LogP contribution in [0.4, 0.5) is 0 Å². The highest BCUT2D eigenvalue weighted by Crippen LogP contribution is 2.32. The molecule has 1 fully saturated rings. The van der Waals surface area contributed by atoms with E-state index in [-0.39, 0.29) is 6.10 Å². The summed E-state index contributed by atoms with van der Waals surface area (Å²) in [6, 6.07) is 7.84. The molecule has 1 aliphatic carbocycles. The van der Waals surface area contributed by atoms with Gasteiger partial charge in [0.1, 0.15) is 0 Å². The van der Waals surface area contributed by atoms with Gasteiger partial charge in [-0.15, -0.1) is 0 Å². The molecule has 0 aliphatic heterocycles. The zero-order valence-corrected chi connectivity index (χ0v) is 12.4. The van der Waals surface area contributed by atoms with Crippen LogP contribution in [-0.4, -0.2) is 12.6 Å². The van der Waals surface area contributed by atoms with Crippen LogP contribution in [-0.2, 0) is 4.74 Å². The van der Waals surface area contributed by atoms with Gasteiger partial charge in [0.15, 0.2) is 0 Å². The first kappa shape index (κ1) is 14.8. The van der Waals surface area contributed by atoms with Gasteiger partial charge in [0, 0.05) is 11.6 Å². The number of halogens is 1. The van der Waals surface area contributed by atoms with E-state index in [0.29, 0.717) is 18.6 Å². The SMILES string of the molecule is CCC1CCCCC1OC(CN)c1ccc(Cl)cc1. The Balaban J connectivity index is 2.03. The number of nitrogens with two attached hydrogens (primary N) is 1. The molecule has 1 aliphatic rings. The van der Waals surface area contributed by atoms with Crippen LogP contribution >= 0.6 is 11.6 Å². The Morgan fingerprint density at radius 3 is 2.58 bits per heavy atom. The van der Waals surface area contributed by atoms with Crippen LogP contribution in [0.5, 0.6) is 0 Å². The summed E-state index contributed by atoms with van der Waals surface area (Å²) in [6.45, 7) is 2.78. The predicted molar refractivity (Wildman–Crippen MR) is 80.4 cm³/mol. The lowest BCUT2D eigenvalue weighted by atomic mass is 9.84. The summed E-state index contributed by atoms with van der Waals surface area (Å²) in [5, 5.41) is 0.753. The first-order valence-electron chi connectivity index (χ1n) is 7.35. The number of hydrogen-bond acceptors (Lipinski definition) is 2. The first-order chi connectivity index (χ1) is 9.24. The quantitative estimate of drug-likeness (QED) is 0.872. The van der Waals surface area contributed by atoms with E-state index >= 15 is 0 Å². The first-order valence-corrected chi connectivity index (χ1v) is 7.73. The Kier molecular flexibility index (Phi) is 5.68. The Morgan fingerprint density at radius 1 is 1.26 bits per heavy atom. The third kappa shape index (κ3) is 3.95. The van der Waals surface area contributed by atoms with Crippen molar-refractivity contribution in [3.05, 3.63) is 34.9 Å². The standard InChI is InChI=1S/C16H24ClNO/c1-2-12-5-3-4-6-15(12)19-16(11-18)13-7-9-14(17)10-8-13/h7-10,12,15-16H,2-6,11,18H2,1H3. The van der Waals surface area contributed by atoms with Crippen LogP contribution in [0.15, 0.2) is 24.3 Å². The molecular formula is C16H24ClNO. The Hall–Kier alpha value is -0.570. The fraction of sp³-hybridized carbons (Fsp3) is 0.625. The van der Waals surface area contributed by atoms with E-state index in [2.05, 4.69) is 6.92 Å². The Morgan fingerprint density at radius 2 is 1.95 bits per heavy atom. The minimum atomic E-state index is -0.00517. The Labute approximate surface area is 121 Å². The minimum Gasteiger partial charge on any atom is -0.369 e. The van der Waals surface area contributed by atoms with Gasteiger partial charge < -0.3 is 10.5 Å². The molecule has 2 N–H and O–H groups in total. The third-order valence-electron chi connectivity index (χ3n) is 4.16. The smallest absolute Gasteiger partial charge is 0.0950 e. The number of rotatable bonds is 5. The van der Waals surface area contributed by atoms with Crippen molar-refractivity contribution >= 4 is 11.6 Å². The molecule has 1 aromatic rings. The van der Waals surface area contributed by atoms with Crippen molar-refractivity contribution in [3.8, 4) is 0 Å². The molecule has 1 aromatic carbocycles. The summed E-state index contributed by atoms with van der Waals surface area (Å²) in [4.78, 5) is 0. The summed E-state index contributed by atoms with van der Waals surface area (Å²) in [7, 11) is 0. The summed E-state index contributed by atoms with van der Waals surface area (Å²) in [6.07, 6.45) is 6.63. The van der Waals surface area contributed by atoms with Crippen LogP contribution in [0, 0.1) is 5.92 Å². The van der Waals surface area contributed by atoms with Crippen molar-refractivity contribution in [1.29, 1.82) is 0 Å². The summed E-state index contributed by atoms with van der Waals surface area (Å²) in [5.41, 5.74) is 7.02. The second kappa shape index (κ2) is 7.28. The maximum absolute atomic E-state index is 6.30. The highest BCUT2D eigenvalue weighted by molar-refractivity contribution is 6.30. The highest BCUT2D eigenvalue weighted by atomic mass is 35.5. The van der Waals surface area contributed by atoms with E-state index in [0.717, 1.165) is 10.6 Å². The van der Waals surface area contributed by atoms with Gasteiger partial charge in [-0.1, -0.05) is 49.9 Å². The summed E-state index contributed by atoms with van der Waals surface area (Å²) >= 11 is 5.92. The lowest BCUT2D eigenvalue weighted by Gasteiger charge is -2.33. The summed E-state index contributed by atoms with van der Waals surface area (Å²) < 4.78 is 6.30. The fourth-order valence-electron chi connectivity index (χ4n) is 2.98. The molecule has 3 atom stereocenters. The van der Waals surface area contributed by atoms with E-state index in [4.69, 9.17) is 22.1 Å². The van der Waals surface area contributed by atoms with E-state index in [9.17, 15) is 0 Å². The van der Waals surface area contributed by atoms with Crippen LogP contribution in [0.3, 0.4) is 0 Å². The van der Waals surface area contributed by atoms with E-state index in [1.807, 2.05) is 24.3 Å². The number of hydrogen-bond donors (Lipinski definition) is 1. The molecule has 0 aromatic heterocycles. The van der Waals surface area contributed by atoms with Crippen molar-refractivity contribution in [2.75, 3.05) is 6.54 Å². The molecule has 1 saturated carbocycles. The zero-order valence-electron chi connectivity index (χ0n) is 11.6. The van der Waals surface area contributed by atoms with Gasteiger partial charge in [-0.3, -0.25) is 0 Å². The van der Waals surface area contributed by atoms with Crippen LogP contribution in [0.2, 0.25) is 5.02 Å². The van der Waals surface area contributed by atoms with Crippen LogP contribution in [0.25, 0.3) is 0 Å². The van der Waals surface area contributed by atoms with Gasteiger partial charge in [-0.2, -0.15) is 0 Å². The van der Waals surface area contributed by atoms with E-state index in [1.54, 1.807) is 0 Å². The lowest BCUT2D eigenvalue weighted by Crippen LogP contribution is -2.31. The molecule has 0 radical (unpaired) electrons.